The number of benzene rings is 2. The molecule has 136 valence electrons. The van der Waals surface area contributed by atoms with Crippen LogP contribution in [0.2, 0.25) is 0 Å². The predicted octanol–water partition coefficient (Wildman–Crippen LogP) is 4.33. The van der Waals surface area contributed by atoms with Gasteiger partial charge in [-0.05, 0) is 30.0 Å². The molecule has 2 aromatic carbocycles. The fourth-order valence-electron chi connectivity index (χ4n) is 3.78. The Morgan fingerprint density at radius 2 is 1.69 bits per heavy atom. The van der Waals surface area contributed by atoms with E-state index in [9.17, 15) is 4.79 Å². The molecule has 2 amide bonds. The van der Waals surface area contributed by atoms with E-state index in [4.69, 9.17) is 9.47 Å². The highest BCUT2D eigenvalue weighted by molar-refractivity contribution is 6.02. The highest BCUT2D eigenvalue weighted by Gasteiger charge is 2.27. The maximum absolute atomic E-state index is 12.8. The summed E-state index contributed by atoms with van der Waals surface area (Å²) in [6.07, 6.45) is 3.38. The predicted molar refractivity (Wildman–Crippen MR) is 103 cm³/mol. The van der Waals surface area contributed by atoms with E-state index in [1.165, 1.54) is 0 Å². The molecule has 0 radical (unpaired) electrons. The number of rotatable bonds is 4. The van der Waals surface area contributed by atoms with Gasteiger partial charge in [0.25, 0.3) is 0 Å². The van der Waals surface area contributed by atoms with Gasteiger partial charge in [0, 0.05) is 29.7 Å². The molecule has 0 unspecified atom stereocenters. The van der Waals surface area contributed by atoms with Gasteiger partial charge in [0.15, 0.2) is 0 Å². The Kier molecular flexibility index (Phi) is 4.45. The molecule has 0 aromatic heterocycles. The van der Waals surface area contributed by atoms with Crippen molar-refractivity contribution in [2.45, 2.75) is 39.5 Å². The Morgan fingerprint density at radius 1 is 1.00 bits per heavy atom. The Morgan fingerprint density at radius 3 is 2.42 bits per heavy atom. The van der Waals surface area contributed by atoms with E-state index in [0.717, 1.165) is 70.8 Å². The van der Waals surface area contributed by atoms with Crippen LogP contribution in [-0.2, 0) is 25.7 Å². The molecular weight excluding hydrogens is 328 g/mol. The Labute approximate surface area is 153 Å². The summed E-state index contributed by atoms with van der Waals surface area (Å²) in [5, 5.41) is 6.10. The second-order valence-electron chi connectivity index (χ2n) is 6.65. The van der Waals surface area contributed by atoms with Crippen LogP contribution < -0.4 is 20.1 Å². The molecule has 5 nitrogen and oxygen atoms in total. The lowest BCUT2D eigenvalue weighted by molar-refractivity contribution is 0.262. The fraction of sp³-hybridized carbons (Fsp3) is 0.381. The Bertz CT molecular complexity index is 806. The van der Waals surface area contributed by atoms with Crippen LogP contribution in [0.3, 0.4) is 0 Å². The quantitative estimate of drug-likeness (QED) is 0.861. The van der Waals surface area contributed by atoms with Crippen molar-refractivity contribution in [3.05, 3.63) is 46.5 Å². The molecule has 2 N–H and O–H groups in total. The zero-order valence-corrected chi connectivity index (χ0v) is 15.3. The second-order valence-corrected chi connectivity index (χ2v) is 6.65. The number of carbonyl (C=O) groups is 1. The van der Waals surface area contributed by atoms with Gasteiger partial charge in [-0.1, -0.05) is 32.0 Å². The number of hydrogen-bond donors (Lipinski definition) is 2. The van der Waals surface area contributed by atoms with E-state index in [2.05, 4.69) is 42.7 Å². The summed E-state index contributed by atoms with van der Waals surface area (Å²) in [7, 11) is 0. The number of carbonyl (C=O) groups excluding carboxylic acids is 1. The third-order valence-corrected chi connectivity index (χ3v) is 5.13. The van der Waals surface area contributed by atoms with Crippen molar-refractivity contribution < 1.29 is 14.3 Å². The second kappa shape index (κ2) is 6.90. The molecule has 4 rings (SSSR count). The average Bonchev–Trinajstić information content (AvgIpc) is 3.30. The molecular formula is C21H24N2O3. The number of aryl methyl sites for hydroxylation is 2. The van der Waals surface area contributed by atoms with Crippen molar-refractivity contribution in [1.82, 2.24) is 0 Å². The topological polar surface area (TPSA) is 59.6 Å². The number of para-hydroxylation sites is 1. The third-order valence-electron chi connectivity index (χ3n) is 5.13. The van der Waals surface area contributed by atoms with Gasteiger partial charge in [-0.25, -0.2) is 4.79 Å². The van der Waals surface area contributed by atoms with Gasteiger partial charge in [-0.2, -0.15) is 0 Å². The molecule has 0 aliphatic carbocycles. The van der Waals surface area contributed by atoms with E-state index in [-0.39, 0.29) is 6.03 Å². The van der Waals surface area contributed by atoms with Crippen LogP contribution in [0, 0.1) is 0 Å². The van der Waals surface area contributed by atoms with Crippen molar-refractivity contribution in [3.63, 3.8) is 0 Å². The molecule has 2 aliphatic heterocycles. The number of hydrogen-bond acceptors (Lipinski definition) is 3. The van der Waals surface area contributed by atoms with Crippen LogP contribution in [0.25, 0.3) is 0 Å². The molecule has 0 saturated carbocycles. The van der Waals surface area contributed by atoms with E-state index >= 15 is 0 Å². The average molecular weight is 352 g/mol. The first-order chi connectivity index (χ1) is 12.7. The maximum Gasteiger partial charge on any atom is 0.323 e. The van der Waals surface area contributed by atoms with Crippen LogP contribution in [0.5, 0.6) is 11.5 Å². The molecule has 0 fully saturated rings. The molecule has 2 aliphatic rings. The molecule has 2 heterocycles. The fourth-order valence-corrected chi connectivity index (χ4v) is 3.78. The van der Waals surface area contributed by atoms with Crippen molar-refractivity contribution in [1.29, 1.82) is 0 Å². The number of fused-ring (bicyclic) bond motifs is 2. The lowest BCUT2D eigenvalue weighted by Gasteiger charge is -2.17. The molecule has 5 heteroatoms. The largest absolute Gasteiger partial charge is 0.493 e. The Hall–Kier alpha value is -2.69. The molecule has 0 atom stereocenters. The minimum absolute atomic E-state index is 0.237. The lowest BCUT2D eigenvalue weighted by Crippen LogP contribution is -2.22. The van der Waals surface area contributed by atoms with E-state index in [1.54, 1.807) is 0 Å². The number of urea groups is 1. The van der Waals surface area contributed by atoms with Crippen molar-refractivity contribution >= 4 is 17.4 Å². The van der Waals surface area contributed by atoms with Crippen molar-refractivity contribution in [2.75, 3.05) is 23.8 Å². The standard InChI is InChI=1S/C21H24N2O3/c1-3-13-6-5-7-14(4-2)18(13)22-21(24)23-19-16-9-11-25-17(16)12-15-8-10-26-20(15)19/h5-7,12H,3-4,8-11H2,1-2H3,(H2,22,23,24). The van der Waals surface area contributed by atoms with Crippen LogP contribution in [0.1, 0.15) is 36.1 Å². The van der Waals surface area contributed by atoms with Crippen molar-refractivity contribution in [3.8, 4) is 11.5 Å². The molecule has 26 heavy (non-hydrogen) atoms. The SMILES string of the molecule is CCc1cccc(CC)c1NC(=O)Nc1c2c(cc3c1OCC3)OCC2. The molecule has 2 aromatic rings. The van der Waals surface area contributed by atoms with E-state index in [1.807, 2.05) is 6.07 Å². The summed E-state index contributed by atoms with van der Waals surface area (Å²) in [4.78, 5) is 12.8. The maximum atomic E-state index is 12.8. The minimum atomic E-state index is -0.237. The van der Waals surface area contributed by atoms with E-state index < -0.39 is 0 Å². The van der Waals surface area contributed by atoms with Crippen LogP contribution >= 0.6 is 0 Å². The smallest absolute Gasteiger partial charge is 0.323 e. The zero-order valence-electron chi connectivity index (χ0n) is 15.3. The van der Waals surface area contributed by atoms with Gasteiger partial charge >= 0.3 is 6.03 Å². The first kappa shape index (κ1) is 16.8. The van der Waals surface area contributed by atoms with Gasteiger partial charge in [-0.3, -0.25) is 0 Å². The normalized spacial score (nSPS) is 14.2. The first-order valence-corrected chi connectivity index (χ1v) is 9.34. The summed E-state index contributed by atoms with van der Waals surface area (Å²) in [5.41, 5.74) is 6.09. The molecule has 0 spiro atoms. The van der Waals surface area contributed by atoms with Gasteiger partial charge in [-0.15, -0.1) is 0 Å². The number of amides is 2. The highest BCUT2D eigenvalue weighted by atomic mass is 16.5. The zero-order chi connectivity index (χ0) is 18.1. The number of nitrogens with one attached hydrogen (secondary N) is 2. The van der Waals surface area contributed by atoms with Crippen LogP contribution in [0.4, 0.5) is 16.2 Å². The van der Waals surface area contributed by atoms with Gasteiger partial charge in [0.1, 0.15) is 11.5 Å². The summed E-state index contributed by atoms with van der Waals surface area (Å²) < 4.78 is 11.5. The molecule has 0 bridgehead atoms. The summed E-state index contributed by atoms with van der Waals surface area (Å²) >= 11 is 0. The van der Waals surface area contributed by atoms with Crippen LogP contribution in [-0.4, -0.2) is 19.2 Å². The van der Waals surface area contributed by atoms with Gasteiger partial charge < -0.3 is 20.1 Å². The number of anilines is 2. The summed E-state index contributed by atoms with van der Waals surface area (Å²) in [5.74, 6) is 1.66. The van der Waals surface area contributed by atoms with Crippen LogP contribution in [0.15, 0.2) is 24.3 Å². The summed E-state index contributed by atoms with van der Waals surface area (Å²) in [6.45, 7) is 5.49. The Balaban J connectivity index is 1.63. The van der Waals surface area contributed by atoms with Gasteiger partial charge in [0.05, 0.1) is 18.9 Å². The molecule has 0 saturated heterocycles. The highest BCUT2D eigenvalue weighted by Crippen LogP contribution is 2.44. The summed E-state index contributed by atoms with van der Waals surface area (Å²) in [6, 6.07) is 7.98. The minimum Gasteiger partial charge on any atom is -0.493 e. The van der Waals surface area contributed by atoms with Crippen molar-refractivity contribution in [2.24, 2.45) is 0 Å². The number of ether oxygens (including phenoxy) is 2. The lowest BCUT2D eigenvalue weighted by atomic mass is 10.0. The van der Waals surface area contributed by atoms with Gasteiger partial charge in [0.2, 0.25) is 0 Å². The third kappa shape index (κ3) is 2.87. The van der Waals surface area contributed by atoms with E-state index in [0.29, 0.717) is 13.2 Å². The monoisotopic (exact) mass is 352 g/mol. The first-order valence-electron chi connectivity index (χ1n) is 9.34.